The van der Waals surface area contributed by atoms with E-state index in [-0.39, 0.29) is 24.8 Å². The van der Waals surface area contributed by atoms with Crippen molar-refractivity contribution in [3.05, 3.63) is 60.0 Å². The lowest BCUT2D eigenvalue weighted by Crippen LogP contribution is -2.15. The van der Waals surface area contributed by atoms with Crippen LogP contribution in [0.1, 0.15) is 5.56 Å². The lowest BCUT2D eigenvalue weighted by Gasteiger charge is -2.11. The number of nitrogens with one attached hydrogen (secondary N) is 1. The van der Waals surface area contributed by atoms with Crippen LogP contribution in [0.3, 0.4) is 0 Å². The van der Waals surface area contributed by atoms with Gasteiger partial charge in [0.25, 0.3) is 0 Å². The highest BCUT2D eigenvalue weighted by Crippen LogP contribution is 2.35. The minimum absolute atomic E-state index is 0.110. The number of aromatic nitrogens is 2. The normalized spacial score (nSPS) is 10.3. The van der Waals surface area contributed by atoms with Crippen LogP contribution in [0.2, 0.25) is 0 Å². The number of amides is 1. The van der Waals surface area contributed by atoms with E-state index in [4.69, 9.17) is 15.9 Å². The summed E-state index contributed by atoms with van der Waals surface area (Å²) < 4.78 is 25.5. The third-order valence-electron chi connectivity index (χ3n) is 4.15. The number of benzene rings is 2. The number of ether oxygens (including phenoxy) is 2. The molecule has 1 amide bonds. The van der Waals surface area contributed by atoms with Crippen molar-refractivity contribution >= 4 is 11.7 Å². The van der Waals surface area contributed by atoms with Crippen LogP contribution in [-0.4, -0.2) is 29.4 Å². The summed E-state index contributed by atoms with van der Waals surface area (Å²) in [7, 11) is 3.30. The van der Waals surface area contributed by atoms with Crippen LogP contribution >= 0.6 is 0 Å². The molecular weight excluding hydrogens is 373 g/mol. The van der Waals surface area contributed by atoms with Gasteiger partial charge in [0, 0.05) is 18.8 Å². The van der Waals surface area contributed by atoms with Gasteiger partial charge in [0.2, 0.25) is 5.91 Å². The highest BCUT2D eigenvalue weighted by molar-refractivity contribution is 5.95. The van der Waals surface area contributed by atoms with E-state index in [1.54, 1.807) is 42.2 Å². The Balaban J connectivity index is 1.82. The monoisotopic (exact) mass is 393 g/mol. The van der Waals surface area contributed by atoms with Crippen molar-refractivity contribution in [2.45, 2.75) is 6.42 Å². The molecule has 3 aromatic rings. The third-order valence-corrected chi connectivity index (χ3v) is 4.15. The minimum Gasteiger partial charge on any atom is -0.493 e. The number of halogens is 1. The summed E-state index contributed by atoms with van der Waals surface area (Å²) in [6.45, 7) is 0.132. The molecule has 0 aliphatic carbocycles. The van der Waals surface area contributed by atoms with Crippen LogP contribution in [0.15, 0.2) is 48.7 Å². The number of terminal acetylenes is 1. The number of carbonyl (C=O) groups excluding carboxylic acids is 1. The second kappa shape index (κ2) is 8.93. The Labute approximate surface area is 168 Å². The standard InChI is InChI=1S/C22H20FN3O3/c1-4-11-29-19-10-7-16(13-20(19)28-3)18-14-26(2)25-22(18)24-21(27)12-15-5-8-17(23)9-6-15/h1,5-10,13-14H,11-12H2,2-3H3,(H,24,25,27). The van der Waals surface area contributed by atoms with E-state index in [1.165, 1.54) is 19.2 Å². The number of hydrogen-bond acceptors (Lipinski definition) is 4. The molecule has 0 fully saturated rings. The van der Waals surface area contributed by atoms with E-state index in [0.717, 1.165) is 11.1 Å². The topological polar surface area (TPSA) is 65.4 Å². The van der Waals surface area contributed by atoms with E-state index in [1.807, 2.05) is 6.07 Å². The van der Waals surface area contributed by atoms with E-state index in [9.17, 15) is 9.18 Å². The number of carbonyl (C=O) groups is 1. The smallest absolute Gasteiger partial charge is 0.230 e. The zero-order valence-corrected chi connectivity index (χ0v) is 16.1. The van der Waals surface area contributed by atoms with Crippen LogP contribution in [-0.2, 0) is 18.3 Å². The fourth-order valence-corrected chi connectivity index (χ4v) is 2.83. The van der Waals surface area contributed by atoms with E-state index in [0.29, 0.717) is 22.9 Å². The van der Waals surface area contributed by atoms with Crippen molar-refractivity contribution in [3.8, 4) is 35.0 Å². The van der Waals surface area contributed by atoms with Crippen molar-refractivity contribution in [1.29, 1.82) is 0 Å². The number of hydrogen-bond donors (Lipinski definition) is 1. The van der Waals surface area contributed by atoms with Gasteiger partial charge in [0.1, 0.15) is 12.4 Å². The fraction of sp³-hybridized carbons (Fsp3) is 0.182. The van der Waals surface area contributed by atoms with E-state index < -0.39 is 0 Å². The maximum absolute atomic E-state index is 13.0. The van der Waals surface area contributed by atoms with Crippen molar-refractivity contribution < 1.29 is 18.7 Å². The Kier molecular flexibility index (Phi) is 6.15. The Hall–Kier alpha value is -3.79. The third kappa shape index (κ3) is 4.93. The molecule has 0 radical (unpaired) electrons. The van der Waals surface area contributed by atoms with Gasteiger partial charge in [-0.25, -0.2) is 4.39 Å². The summed E-state index contributed by atoms with van der Waals surface area (Å²) >= 11 is 0. The molecule has 1 aromatic heterocycles. The molecule has 29 heavy (non-hydrogen) atoms. The highest BCUT2D eigenvalue weighted by atomic mass is 19.1. The summed E-state index contributed by atoms with van der Waals surface area (Å²) in [5, 5.41) is 7.15. The van der Waals surface area contributed by atoms with Gasteiger partial charge in [-0.1, -0.05) is 24.1 Å². The number of rotatable bonds is 7. The zero-order chi connectivity index (χ0) is 20.8. The van der Waals surface area contributed by atoms with Crippen molar-refractivity contribution in [2.75, 3.05) is 19.0 Å². The first-order chi connectivity index (χ1) is 14.0. The molecule has 3 rings (SSSR count). The Morgan fingerprint density at radius 1 is 1.24 bits per heavy atom. The largest absolute Gasteiger partial charge is 0.493 e. The van der Waals surface area contributed by atoms with Crippen LogP contribution in [0.4, 0.5) is 10.2 Å². The van der Waals surface area contributed by atoms with Crippen molar-refractivity contribution in [2.24, 2.45) is 7.05 Å². The van der Waals surface area contributed by atoms with Gasteiger partial charge in [-0.3, -0.25) is 9.48 Å². The summed E-state index contributed by atoms with van der Waals surface area (Å²) in [5.74, 6) is 3.28. The maximum atomic E-state index is 13.0. The molecule has 2 aromatic carbocycles. The quantitative estimate of drug-likeness (QED) is 0.625. The molecule has 7 heteroatoms. The summed E-state index contributed by atoms with van der Waals surface area (Å²) in [6.07, 6.45) is 7.14. The maximum Gasteiger partial charge on any atom is 0.230 e. The lowest BCUT2D eigenvalue weighted by molar-refractivity contribution is -0.115. The molecule has 0 bridgehead atoms. The van der Waals surface area contributed by atoms with Crippen LogP contribution in [0.5, 0.6) is 11.5 Å². The average molecular weight is 393 g/mol. The summed E-state index contributed by atoms with van der Waals surface area (Å²) in [6, 6.07) is 11.2. The second-order valence-electron chi connectivity index (χ2n) is 6.27. The Bertz CT molecular complexity index is 1050. The molecule has 0 saturated heterocycles. The first-order valence-electron chi connectivity index (χ1n) is 8.82. The predicted octanol–water partition coefficient (Wildman–Crippen LogP) is 3.43. The first kappa shape index (κ1) is 20.0. The number of aryl methyl sites for hydroxylation is 1. The molecular formula is C22H20FN3O3. The molecule has 0 atom stereocenters. The molecule has 1 N–H and O–H groups in total. The Morgan fingerprint density at radius 2 is 2.00 bits per heavy atom. The number of nitrogens with zero attached hydrogens (tertiary/aromatic N) is 2. The predicted molar refractivity (Wildman–Crippen MR) is 108 cm³/mol. The van der Waals surface area contributed by atoms with Crippen LogP contribution in [0, 0.1) is 18.2 Å². The Morgan fingerprint density at radius 3 is 2.69 bits per heavy atom. The van der Waals surface area contributed by atoms with Gasteiger partial charge in [-0.05, 0) is 35.4 Å². The fourth-order valence-electron chi connectivity index (χ4n) is 2.83. The highest BCUT2D eigenvalue weighted by Gasteiger charge is 2.15. The summed E-state index contributed by atoms with van der Waals surface area (Å²) in [5.41, 5.74) is 2.22. The average Bonchev–Trinajstić information content (AvgIpc) is 3.07. The number of methoxy groups -OCH3 is 1. The molecule has 0 aliphatic rings. The van der Waals surface area contributed by atoms with Crippen molar-refractivity contribution in [1.82, 2.24) is 9.78 Å². The van der Waals surface area contributed by atoms with Gasteiger partial charge in [0.15, 0.2) is 17.3 Å². The van der Waals surface area contributed by atoms with E-state index >= 15 is 0 Å². The molecule has 148 valence electrons. The zero-order valence-electron chi connectivity index (χ0n) is 16.1. The molecule has 1 heterocycles. The molecule has 0 saturated carbocycles. The van der Waals surface area contributed by atoms with Gasteiger partial charge in [-0.15, -0.1) is 6.42 Å². The first-order valence-corrected chi connectivity index (χ1v) is 8.82. The minimum atomic E-state index is -0.343. The molecule has 0 aliphatic heterocycles. The van der Waals surface area contributed by atoms with Crippen LogP contribution < -0.4 is 14.8 Å². The van der Waals surface area contributed by atoms with Crippen LogP contribution in [0.25, 0.3) is 11.1 Å². The lowest BCUT2D eigenvalue weighted by atomic mass is 10.1. The van der Waals surface area contributed by atoms with Gasteiger partial charge in [0.05, 0.1) is 13.5 Å². The van der Waals surface area contributed by atoms with Gasteiger partial charge < -0.3 is 14.8 Å². The van der Waals surface area contributed by atoms with Crippen molar-refractivity contribution in [3.63, 3.8) is 0 Å². The molecule has 0 spiro atoms. The van der Waals surface area contributed by atoms with Gasteiger partial charge in [-0.2, -0.15) is 5.10 Å². The second-order valence-corrected chi connectivity index (χ2v) is 6.27. The molecule has 6 nitrogen and oxygen atoms in total. The number of anilines is 1. The SMILES string of the molecule is C#CCOc1ccc(-c2cn(C)nc2NC(=O)Cc2ccc(F)cc2)cc1OC. The van der Waals surface area contributed by atoms with E-state index in [2.05, 4.69) is 16.3 Å². The molecule has 0 unspecified atom stereocenters. The van der Waals surface area contributed by atoms with Gasteiger partial charge >= 0.3 is 0 Å². The summed E-state index contributed by atoms with van der Waals surface area (Å²) in [4.78, 5) is 12.4.